The van der Waals surface area contributed by atoms with Crippen LogP contribution in [0.25, 0.3) is 22.5 Å². The summed E-state index contributed by atoms with van der Waals surface area (Å²) in [7, 11) is 2.14. The lowest BCUT2D eigenvalue weighted by Crippen LogP contribution is -2.26. The summed E-state index contributed by atoms with van der Waals surface area (Å²) in [5, 5.41) is 14.1. The molecule has 36 heavy (non-hydrogen) atoms. The number of aryl methyl sites for hydroxylation is 1. The highest BCUT2D eigenvalue weighted by molar-refractivity contribution is 5.86. The first-order valence-electron chi connectivity index (χ1n) is 12.5. The number of benzene rings is 3. The standard InChI is InChI=1S/C31H31N3O2/c1-20(2)26-16-27(29(14-21(26)3)35-19-22-8-6-5-7-9-22)31-30(28(17-32)33-36-31)24-10-11-25-18-34(4)13-12-23(25)15-24/h5-11,14-16,20H,12-13,18-19H2,1-4H3. The van der Waals surface area contributed by atoms with Gasteiger partial charge in [-0.1, -0.05) is 67.5 Å². The Morgan fingerprint density at radius 3 is 2.64 bits per heavy atom. The molecule has 1 aliphatic heterocycles. The number of hydrogen-bond donors (Lipinski definition) is 0. The predicted molar refractivity (Wildman–Crippen MR) is 142 cm³/mol. The Hall–Kier alpha value is -3.88. The van der Waals surface area contributed by atoms with Crippen LogP contribution in [0.15, 0.2) is 65.2 Å². The van der Waals surface area contributed by atoms with Gasteiger partial charge >= 0.3 is 0 Å². The maximum absolute atomic E-state index is 9.91. The lowest BCUT2D eigenvalue weighted by atomic mass is 9.90. The fraction of sp³-hybridized carbons (Fsp3) is 0.290. The van der Waals surface area contributed by atoms with E-state index >= 15 is 0 Å². The zero-order valence-corrected chi connectivity index (χ0v) is 21.3. The number of nitrogens with zero attached hydrogens (tertiary/aromatic N) is 3. The van der Waals surface area contributed by atoms with Crippen LogP contribution in [0.4, 0.5) is 0 Å². The lowest BCUT2D eigenvalue weighted by molar-refractivity contribution is 0.305. The molecule has 0 radical (unpaired) electrons. The second kappa shape index (κ2) is 10.0. The normalized spacial score (nSPS) is 13.4. The highest BCUT2D eigenvalue weighted by Gasteiger charge is 2.25. The minimum atomic E-state index is 0.290. The van der Waals surface area contributed by atoms with Gasteiger partial charge in [-0.2, -0.15) is 5.26 Å². The first-order chi connectivity index (χ1) is 17.4. The molecule has 2 heterocycles. The molecular formula is C31H31N3O2. The lowest BCUT2D eigenvalue weighted by Gasteiger charge is -2.25. The van der Waals surface area contributed by atoms with Crippen molar-refractivity contribution in [2.24, 2.45) is 0 Å². The summed E-state index contributed by atoms with van der Waals surface area (Å²) in [6.07, 6.45) is 0.982. The topological polar surface area (TPSA) is 62.3 Å². The molecule has 0 fully saturated rings. The largest absolute Gasteiger partial charge is 0.488 e. The van der Waals surface area contributed by atoms with Crippen LogP contribution in [-0.2, 0) is 19.6 Å². The molecule has 0 aliphatic carbocycles. The Kier molecular flexibility index (Phi) is 6.63. The minimum Gasteiger partial charge on any atom is -0.488 e. The number of likely N-dealkylation sites (N-methyl/N-ethyl adjacent to an activating group) is 1. The molecule has 0 unspecified atom stereocenters. The molecule has 0 saturated carbocycles. The molecule has 0 bridgehead atoms. The smallest absolute Gasteiger partial charge is 0.191 e. The van der Waals surface area contributed by atoms with Crippen molar-refractivity contribution in [2.75, 3.05) is 13.6 Å². The van der Waals surface area contributed by atoms with E-state index in [1.54, 1.807) is 0 Å². The van der Waals surface area contributed by atoms with Gasteiger partial charge in [-0.3, -0.25) is 0 Å². The molecule has 0 saturated heterocycles. The van der Waals surface area contributed by atoms with Gasteiger partial charge in [0.15, 0.2) is 11.5 Å². The molecule has 5 heteroatoms. The van der Waals surface area contributed by atoms with E-state index < -0.39 is 0 Å². The van der Waals surface area contributed by atoms with Crippen molar-refractivity contribution in [1.29, 1.82) is 5.26 Å². The van der Waals surface area contributed by atoms with Crippen molar-refractivity contribution in [3.05, 3.63) is 94.2 Å². The molecular weight excluding hydrogens is 446 g/mol. The van der Waals surface area contributed by atoms with Gasteiger partial charge in [0.1, 0.15) is 18.4 Å². The zero-order chi connectivity index (χ0) is 25.2. The molecule has 1 aliphatic rings. The molecule has 5 rings (SSSR count). The summed E-state index contributed by atoms with van der Waals surface area (Å²) >= 11 is 0. The summed E-state index contributed by atoms with van der Waals surface area (Å²) in [5.74, 6) is 1.63. The Bertz CT molecular complexity index is 1430. The maximum atomic E-state index is 9.91. The highest BCUT2D eigenvalue weighted by atomic mass is 16.5. The summed E-state index contributed by atoms with van der Waals surface area (Å²) in [6.45, 7) is 8.86. The van der Waals surface area contributed by atoms with E-state index in [2.05, 4.69) is 74.3 Å². The molecule has 3 aromatic carbocycles. The van der Waals surface area contributed by atoms with Gasteiger partial charge in [0.05, 0.1) is 11.1 Å². The van der Waals surface area contributed by atoms with Gasteiger partial charge < -0.3 is 14.2 Å². The second-order valence-electron chi connectivity index (χ2n) is 9.95. The molecule has 0 N–H and O–H groups in total. The van der Waals surface area contributed by atoms with Crippen molar-refractivity contribution >= 4 is 0 Å². The van der Waals surface area contributed by atoms with E-state index in [0.717, 1.165) is 53.1 Å². The fourth-order valence-electron chi connectivity index (χ4n) is 5.02. The first kappa shape index (κ1) is 23.8. The van der Waals surface area contributed by atoms with Crippen LogP contribution in [0.2, 0.25) is 0 Å². The van der Waals surface area contributed by atoms with Crippen LogP contribution in [0.3, 0.4) is 0 Å². The minimum absolute atomic E-state index is 0.290. The number of aromatic nitrogens is 1. The number of rotatable bonds is 6. The van der Waals surface area contributed by atoms with Crippen LogP contribution in [0, 0.1) is 18.3 Å². The molecule has 0 atom stereocenters. The Balaban J connectivity index is 1.63. The fourth-order valence-corrected chi connectivity index (χ4v) is 5.02. The van der Waals surface area contributed by atoms with Gasteiger partial charge in [-0.15, -0.1) is 0 Å². The zero-order valence-electron chi connectivity index (χ0n) is 21.3. The molecule has 0 amide bonds. The van der Waals surface area contributed by atoms with Crippen LogP contribution >= 0.6 is 0 Å². The SMILES string of the molecule is Cc1cc(OCc2ccccc2)c(-c2onc(C#N)c2-c2ccc3c(c2)CCN(C)C3)cc1C(C)C. The third kappa shape index (κ3) is 4.65. The van der Waals surface area contributed by atoms with E-state index in [0.29, 0.717) is 24.0 Å². The first-order valence-corrected chi connectivity index (χ1v) is 12.5. The summed E-state index contributed by atoms with van der Waals surface area (Å²) in [4.78, 5) is 2.32. The molecule has 4 aromatic rings. The molecule has 182 valence electrons. The van der Waals surface area contributed by atoms with Crippen LogP contribution in [-0.4, -0.2) is 23.6 Å². The average molecular weight is 478 g/mol. The van der Waals surface area contributed by atoms with E-state index in [-0.39, 0.29) is 0 Å². The van der Waals surface area contributed by atoms with Gasteiger partial charge in [-0.05, 0) is 71.8 Å². The monoisotopic (exact) mass is 477 g/mol. The summed E-state index contributed by atoms with van der Waals surface area (Å²) in [6, 6.07) is 23.0. The van der Waals surface area contributed by atoms with Crippen molar-refractivity contribution in [2.45, 2.75) is 46.3 Å². The Morgan fingerprint density at radius 1 is 1.08 bits per heavy atom. The molecule has 0 spiro atoms. The highest BCUT2D eigenvalue weighted by Crippen LogP contribution is 2.42. The summed E-state index contributed by atoms with van der Waals surface area (Å²) in [5.41, 5.74) is 8.89. The van der Waals surface area contributed by atoms with Gasteiger partial charge in [0, 0.05) is 13.1 Å². The van der Waals surface area contributed by atoms with Gasteiger partial charge in [-0.25, -0.2) is 0 Å². The Morgan fingerprint density at radius 2 is 1.89 bits per heavy atom. The molecule has 1 aromatic heterocycles. The maximum Gasteiger partial charge on any atom is 0.191 e. The third-order valence-corrected chi connectivity index (χ3v) is 6.97. The van der Waals surface area contributed by atoms with Gasteiger partial charge in [0.2, 0.25) is 0 Å². The van der Waals surface area contributed by atoms with E-state index in [1.165, 1.54) is 16.7 Å². The van der Waals surface area contributed by atoms with Crippen molar-refractivity contribution < 1.29 is 9.26 Å². The van der Waals surface area contributed by atoms with Crippen LogP contribution < -0.4 is 4.74 Å². The number of hydrogen-bond acceptors (Lipinski definition) is 5. The quantitative estimate of drug-likeness (QED) is 0.303. The average Bonchev–Trinajstić information content (AvgIpc) is 3.31. The number of nitriles is 1. The van der Waals surface area contributed by atoms with Crippen molar-refractivity contribution in [1.82, 2.24) is 10.1 Å². The molecule has 5 nitrogen and oxygen atoms in total. The summed E-state index contributed by atoms with van der Waals surface area (Å²) < 4.78 is 12.2. The van der Waals surface area contributed by atoms with Crippen molar-refractivity contribution in [3.8, 4) is 34.3 Å². The van der Waals surface area contributed by atoms with E-state index in [9.17, 15) is 5.26 Å². The third-order valence-electron chi connectivity index (χ3n) is 6.97. The van der Waals surface area contributed by atoms with Crippen molar-refractivity contribution in [3.63, 3.8) is 0 Å². The second-order valence-corrected chi connectivity index (χ2v) is 9.95. The number of fused-ring (bicyclic) bond motifs is 1. The number of ether oxygens (including phenoxy) is 1. The van der Waals surface area contributed by atoms with E-state index in [4.69, 9.17) is 9.26 Å². The predicted octanol–water partition coefficient (Wildman–Crippen LogP) is 6.88. The van der Waals surface area contributed by atoms with E-state index in [1.807, 2.05) is 30.3 Å². The Labute approximate surface area is 212 Å². The van der Waals surface area contributed by atoms with Crippen LogP contribution in [0.1, 0.15) is 53.3 Å². The van der Waals surface area contributed by atoms with Crippen LogP contribution in [0.5, 0.6) is 5.75 Å². The van der Waals surface area contributed by atoms with Gasteiger partial charge in [0.25, 0.3) is 0 Å².